The molecule has 0 unspecified atom stereocenters. The summed E-state index contributed by atoms with van der Waals surface area (Å²) in [5.74, 6) is 12.2. The van der Waals surface area contributed by atoms with E-state index in [2.05, 4.69) is 76.1 Å². The van der Waals surface area contributed by atoms with E-state index in [0.717, 1.165) is 52.5 Å². The second-order valence-corrected chi connectivity index (χ2v) is 9.68. The number of likely N-dealkylation sites (N-methyl/N-ethyl adjacent to an activating group) is 1. The molecule has 5 aromatic rings. The van der Waals surface area contributed by atoms with Gasteiger partial charge in [-0.05, 0) is 91.2 Å². The number of hydrogen-bond acceptors (Lipinski definition) is 6. The maximum Gasteiger partial charge on any atom is 0.223 e. The lowest BCUT2D eigenvalue weighted by Gasteiger charge is -2.16. The number of methoxy groups -OCH3 is 1. The maximum absolute atomic E-state index is 13.7. The molecule has 44 heavy (non-hydrogen) atoms. The number of aromatic nitrogens is 4. The molecule has 1 N–H and O–H groups in total. The van der Waals surface area contributed by atoms with E-state index >= 15 is 0 Å². The van der Waals surface area contributed by atoms with Crippen molar-refractivity contribution in [2.24, 2.45) is 0 Å². The number of terminal acetylenes is 1. The van der Waals surface area contributed by atoms with Crippen LogP contribution in [0.4, 0.5) is 10.3 Å². The van der Waals surface area contributed by atoms with E-state index in [-0.39, 0.29) is 5.82 Å². The van der Waals surface area contributed by atoms with Crippen molar-refractivity contribution in [3.63, 3.8) is 0 Å². The van der Waals surface area contributed by atoms with Gasteiger partial charge in [0.2, 0.25) is 5.95 Å². The van der Waals surface area contributed by atoms with Crippen LogP contribution in [0.1, 0.15) is 18.1 Å². The highest BCUT2D eigenvalue weighted by Crippen LogP contribution is 2.32. The molecule has 0 spiro atoms. The van der Waals surface area contributed by atoms with Gasteiger partial charge in [-0.3, -0.25) is 9.30 Å². The molecule has 5 rings (SSSR count). The minimum absolute atomic E-state index is 0.287. The summed E-state index contributed by atoms with van der Waals surface area (Å²) in [5, 5.41) is 3.31. The predicted molar refractivity (Wildman–Crippen MR) is 174 cm³/mol. The number of ether oxygens (including phenoxy) is 1. The number of nitrogens with one attached hydrogen (secondary N) is 1. The second-order valence-electron chi connectivity index (χ2n) is 9.68. The van der Waals surface area contributed by atoms with Crippen molar-refractivity contribution in [1.82, 2.24) is 24.3 Å². The Kier molecular flexibility index (Phi) is 11.6. The molecule has 0 saturated carbocycles. The number of benzene rings is 2. The monoisotopic (exact) mass is 584 g/mol. The molecular formula is C36H33FN6O. The van der Waals surface area contributed by atoms with Crippen LogP contribution in [0.5, 0.6) is 0 Å². The molecule has 2 aromatic carbocycles. The molecule has 0 radical (unpaired) electrons. The highest BCUT2D eigenvalue weighted by atomic mass is 19.1. The zero-order valence-electron chi connectivity index (χ0n) is 25.0. The first-order valence-corrected chi connectivity index (χ1v) is 13.9. The molecule has 0 aliphatic rings. The van der Waals surface area contributed by atoms with Gasteiger partial charge in [-0.15, -0.1) is 6.42 Å². The Hall–Kier alpha value is -5.46. The standard InChI is InChI=1S/C29H29FN6O.C7H4/c1-35(16-17-37-2)20-22-13-15-36-26(18-22)34-27(23-8-10-24(30)11-9-23)28(36)25-12-14-31-29(33-25)32-19-21-6-4-3-5-7-21;1-3-5-7-6-4-2/h3-15,18H,16-17,19-20H2,1-2H3,(H,31,32,33);1H,2H3. The number of rotatable bonds is 10. The molecule has 0 bridgehead atoms. The Morgan fingerprint density at radius 1 is 0.977 bits per heavy atom. The lowest BCUT2D eigenvalue weighted by Crippen LogP contribution is -2.22. The van der Waals surface area contributed by atoms with Crippen molar-refractivity contribution in [2.75, 3.05) is 32.6 Å². The minimum Gasteiger partial charge on any atom is -0.383 e. The number of anilines is 1. The number of halogens is 1. The third-order valence-corrected chi connectivity index (χ3v) is 6.45. The zero-order chi connectivity index (χ0) is 31.1. The number of hydrogen-bond donors (Lipinski definition) is 1. The Labute approximate surface area is 258 Å². The SMILES string of the molecule is C#CC#CC#CC.COCCN(C)Cc1ccn2c(-c3ccnc(NCc4ccccc4)n3)c(-c3ccc(F)cc3)nc2c1. The molecule has 3 aromatic heterocycles. The van der Waals surface area contributed by atoms with E-state index in [1.807, 2.05) is 34.9 Å². The van der Waals surface area contributed by atoms with Gasteiger partial charge in [0.05, 0.1) is 23.7 Å². The Morgan fingerprint density at radius 2 is 1.77 bits per heavy atom. The van der Waals surface area contributed by atoms with Crippen LogP contribution in [0.2, 0.25) is 0 Å². The molecule has 7 nitrogen and oxygen atoms in total. The summed E-state index contributed by atoms with van der Waals surface area (Å²) in [4.78, 5) is 16.4. The first-order chi connectivity index (χ1) is 21.5. The molecular weight excluding hydrogens is 551 g/mol. The van der Waals surface area contributed by atoms with E-state index in [1.165, 1.54) is 12.1 Å². The van der Waals surface area contributed by atoms with Crippen LogP contribution in [0.25, 0.3) is 28.3 Å². The zero-order valence-corrected chi connectivity index (χ0v) is 25.0. The molecule has 0 atom stereocenters. The maximum atomic E-state index is 13.7. The highest BCUT2D eigenvalue weighted by Gasteiger charge is 2.18. The number of pyridine rings is 1. The van der Waals surface area contributed by atoms with E-state index in [0.29, 0.717) is 19.1 Å². The Bertz CT molecular complexity index is 1840. The molecule has 0 saturated heterocycles. The number of nitrogens with zero attached hydrogens (tertiary/aromatic N) is 5. The third-order valence-electron chi connectivity index (χ3n) is 6.45. The van der Waals surface area contributed by atoms with Crippen LogP contribution in [-0.4, -0.2) is 51.6 Å². The van der Waals surface area contributed by atoms with Crippen molar-refractivity contribution >= 4 is 11.6 Å². The van der Waals surface area contributed by atoms with Crippen LogP contribution in [0, 0.1) is 41.8 Å². The Morgan fingerprint density at radius 3 is 2.50 bits per heavy atom. The van der Waals surface area contributed by atoms with Gasteiger partial charge in [0, 0.05) is 44.7 Å². The average Bonchev–Trinajstić information content (AvgIpc) is 3.43. The van der Waals surface area contributed by atoms with E-state index < -0.39 is 0 Å². The fourth-order valence-corrected chi connectivity index (χ4v) is 4.36. The van der Waals surface area contributed by atoms with Crippen molar-refractivity contribution in [1.29, 1.82) is 0 Å². The van der Waals surface area contributed by atoms with Gasteiger partial charge in [-0.1, -0.05) is 36.3 Å². The fourth-order valence-electron chi connectivity index (χ4n) is 4.36. The molecule has 8 heteroatoms. The van der Waals surface area contributed by atoms with Crippen molar-refractivity contribution in [3.05, 3.63) is 102 Å². The molecule has 3 heterocycles. The summed E-state index contributed by atoms with van der Waals surface area (Å²) in [6.07, 6.45) is 8.53. The second kappa shape index (κ2) is 16.2. The molecule has 0 amide bonds. The molecule has 220 valence electrons. The van der Waals surface area contributed by atoms with Gasteiger partial charge in [-0.25, -0.2) is 19.3 Å². The van der Waals surface area contributed by atoms with Crippen LogP contribution in [0.15, 0.2) is 85.2 Å². The average molecular weight is 585 g/mol. The topological polar surface area (TPSA) is 67.6 Å². The summed E-state index contributed by atoms with van der Waals surface area (Å²) in [7, 11) is 3.77. The summed E-state index contributed by atoms with van der Waals surface area (Å²) >= 11 is 0. The van der Waals surface area contributed by atoms with Crippen molar-refractivity contribution < 1.29 is 9.13 Å². The van der Waals surface area contributed by atoms with Crippen molar-refractivity contribution in [3.8, 4) is 58.7 Å². The molecule has 0 fully saturated rings. The van der Waals surface area contributed by atoms with E-state index in [9.17, 15) is 4.39 Å². The van der Waals surface area contributed by atoms with Gasteiger partial charge in [0.1, 0.15) is 11.5 Å². The van der Waals surface area contributed by atoms with Gasteiger partial charge in [-0.2, -0.15) is 0 Å². The summed E-state index contributed by atoms with van der Waals surface area (Å²) < 4.78 is 20.9. The Balaban J connectivity index is 0.000000566. The summed E-state index contributed by atoms with van der Waals surface area (Å²) in [6, 6.07) is 22.5. The first-order valence-electron chi connectivity index (χ1n) is 13.9. The lowest BCUT2D eigenvalue weighted by atomic mass is 10.1. The van der Waals surface area contributed by atoms with Crippen LogP contribution in [-0.2, 0) is 17.8 Å². The van der Waals surface area contributed by atoms with Gasteiger partial charge < -0.3 is 10.1 Å². The summed E-state index contributed by atoms with van der Waals surface area (Å²) in [6.45, 7) is 4.61. The van der Waals surface area contributed by atoms with Gasteiger partial charge in [0.25, 0.3) is 0 Å². The van der Waals surface area contributed by atoms with Gasteiger partial charge >= 0.3 is 0 Å². The van der Waals surface area contributed by atoms with Crippen LogP contribution < -0.4 is 5.32 Å². The van der Waals surface area contributed by atoms with Crippen LogP contribution >= 0.6 is 0 Å². The fraction of sp³-hybridized carbons (Fsp3) is 0.194. The van der Waals surface area contributed by atoms with Crippen LogP contribution in [0.3, 0.4) is 0 Å². The van der Waals surface area contributed by atoms with E-state index in [4.69, 9.17) is 21.1 Å². The first kappa shape index (κ1) is 31.5. The quantitative estimate of drug-likeness (QED) is 0.205. The molecule has 0 aliphatic carbocycles. The van der Waals surface area contributed by atoms with E-state index in [1.54, 1.807) is 32.4 Å². The normalized spacial score (nSPS) is 10.1. The number of imidazole rings is 1. The molecule has 0 aliphatic heterocycles. The smallest absolute Gasteiger partial charge is 0.223 e. The largest absolute Gasteiger partial charge is 0.383 e. The minimum atomic E-state index is -0.287. The van der Waals surface area contributed by atoms with Crippen molar-refractivity contribution in [2.45, 2.75) is 20.0 Å². The van der Waals surface area contributed by atoms with Gasteiger partial charge in [0.15, 0.2) is 0 Å². The lowest BCUT2D eigenvalue weighted by molar-refractivity contribution is 0.158. The predicted octanol–water partition coefficient (Wildman–Crippen LogP) is 5.93. The summed E-state index contributed by atoms with van der Waals surface area (Å²) in [5.41, 5.74) is 6.18. The highest BCUT2D eigenvalue weighted by molar-refractivity contribution is 5.80. The number of fused-ring (bicyclic) bond motifs is 1. The third kappa shape index (κ3) is 8.77.